The van der Waals surface area contributed by atoms with E-state index in [1.54, 1.807) is 25.3 Å². The Morgan fingerprint density at radius 2 is 1.54 bits per heavy atom. The van der Waals surface area contributed by atoms with Crippen LogP contribution in [0.1, 0.15) is 11.1 Å². The lowest BCUT2D eigenvalue weighted by Crippen LogP contribution is -2.32. The van der Waals surface area contributed by atoms with Crippen molar-refractivity contribution in [3.05, 3.63) is 101 Å². The third-order valence-electron chi connectivity index (χ3n) is 8.72. The first-order valence-corrected chi connectivity index (χ1v) is 21.8. The monoisotopic (exact) mass is 1100 g/mol. The Hall–Kier alpha value is -4.15. The molecule has 1 aliphatic heterocycles. The van der Waals surface area contributed by atoms with Gasteiger partial charge in [0.25, 0.3) is 11.8 Å². The van der Waals surface area contributed by atoms with E-state index in [9.17, 15) is 14.0 Å². The molecule has 0 bridgehead atoms. The minimum absolute atomic E-state index is 0.00611. The standard InChI is InChI=1S/C42H40Br2ClFIN5O9/c1-55-37-22-36-30(41(50-24-49-36)51-27-3-4-34(46)33(45)20-27)21-38(37)60-15-14-59-13-12-58-11-10-57-9-8-56-7-6-48-39(53)23-61-40-31(43)17-25(18-32(40)44)16-29-28-19-26(47)2-5-35(28)52-42(29)54/h2-5,16-22,24H,6-15,23H2,1H3,(H,48,53)(H,52,54)(H,49,50,51)/b29-16-. The van der Waals surface area contributed by atoms with Crippen molar-refractivity contribution in [1.82, 2.24) is 15.3 Å². The van der Waals surface area contributed by atoms with E-state index < -0.39 is 5.82 Å². The zero-order valence-electron chi connectivity index (χ0n) is 32.7. The molecule has 1 aromatic heterocycles. The number of anilines is 3. The average molecular weight is 1100 g/mol. The van der Waals surface area contributed by atoms with Crippen molar-refractivity contribution in [1.29, 1.82) is 0 Å². The molecule has 1 aliphatic rings. The van der Waals surface area contributed by atoms with Crippen LogP contribution in [0.2, 0.25) is 5.02 Å². The molecule has 2 amide bonds. The van der Waals surface area contributed by atoms with E-state index in [2.05, 4.69) is 80.4 Å². The number of fused-ring (bicyclic) bond motifs is 2. The van der Waals surface area contributed by atoms with Gasteiger partial charge in [-0.1, -0.05) is 11.6 Å². The molecule has 0 atom stereocenters. The van der Waals surface area contributed by atoms with Crippen LogP contribution in [0.25, 0.3) is 22.6 Å². The maximum Gasteiger partial charge on any atom is 0.258 e. The second-order valence-electron chi connectivity index (χ2n) is 12.9. The fraction of sp³-hybridized carbons (Fsp3) is 0.286. The first-order valence-electron chi connectivity index (χ1n) is 18.8. The summed E-state index contributed by atoms with van der Waals surface area (Å²) in [5.41, 5.74) is 4.18. The van der Waals surface area contributed by atoms with E-state index in [-0.39, 0.29) is 30.1 Å². The minimum Gasteiger partial charge on any atom is -0.493 e. The molecule has 0 unspecified atom stereocenters. The average Bonchev–Trinajstić information content (AvgIpc) is 3.54. The number of aromatic nitrogens is 2. The van der Waals surface area contributed by atoms with Gasteiger partial charge < -0.3 is 49.1 Å². The Morgan fingerprint density at radius 3 is 2.23 bits per heavy atom. The number of carbonyl (C=O) groups is 2. The van der Waals surface area contributed by atoms with Gasteiger partial charge >= 0.3 is 0 Å². The van der Waals surface area contributed by atoms with Gasteiger partial charge in [-0.05, 0) is 121 Å². The highest BCUT2D eigenvalue weighted by Crippen LogP contribution is 2.39. The van der Waals surface area contributed by atoms with E-state index in [1.165, 1.54) is 18.5 Å². The van der Waals surface area contributed by atoms with Gasteiger partial charge in [0.1, 0.15) is 30.3 Å². The summed E-state index contributed by atoms with van der Waals surface area (Å²) in [7, 11) is 1.54. The first kappa shape index (κ1) is 46.4. The quantitative estimate of drug-likeness (QED) is 0.0326. The van der Waals surface area contributed by atoms with Crippen molar-refractivity contribution in [2.24, 2.45) is 0 Å². The third-order valence-corrected chi connectivity index (χ3v) is 10.9. The fourth-order valence-corrected chi connectivity index (χ4v) is 7.96. The molecule has 322 valence electrons. The number of rotatable bonds is 23. The lowest BCUT2D eigenvalue weighted by atomic mass is 10.0. The highest BCUT2D eigenvalue weighted by Gasteiger charge is 2.24. The van der Waals surface area contributed by atoms with E-state index in [0.717, 1.165) is 20.4 Å². The number of carbonyl (C=O) groups excluding carboxylic acids is 2. The molecule has 0 aliphatic carbocycles. The van der Waals surface area contributed by atoms with Crippen LogP contribution in [0.4, 0.5) is 21.6 Å². The summed E-state index contributed by atoms with van der Waals surface area (Å²) in [5.74, 6) is 0.966. The summed E-state index contributed by atoms with van der Waals surface area (Å²) in [5, 5.41) is 9.47. The molecule has 0 saturated carbocycles. The molecule has 0 spiro atoms. The Bertz CT molecular complexity index is 2360. The number of nitrogens with zero attached hydrogens (tertiary/aromatic N) is 2. The van der Waals surface area contributed by atoms with Crippen LogP contribution in [0, 0.1) is 9.39 Å². The summed E-state index contributed by atoms with van der Waals surface area (Å²) in [6.07, 6.45) is 3.23. The number of hydrogen-bond acceptors (Lipinski definition) is 12. The highest BCUT2D eigenvalue weighted by atomic mass is 127. The number of benzene rings is 4. The maximum atomic E-state index is 13.6. The highest BCUT2D eigenvalue weighted by molar-refractivity contribution is 14.1. The summed E-state index contributed by atoms with van der Waals surface area (Å²) < 4.78 is 55.4. The minimum atomic E-state index is -0.513. The van der Waals surface area contributed by atoms with E-state index in [0.29, 0.717) is 114 Å². The molecule has 19 heteroatoms. The topological polar surface area (TPSA) is 161 Å². The summed E-state index contributed by atoms with van der Waals surface area (Å²) in [4.78, 5) is 33.7. The smallest absolute Gasteiger partial charge is 0.258 e. The van der Waals surface area contributed by atoms with Crippen LogP contribution in [0.15, 0.2) is 75.9 Å². The fourth-order valence-electron chi connectivity index (χ4n) is 5.84. The van der Waals surface area contributed by atoms with Gasteiger partial charge in [-0.3, -0.25) is 9.59 Å². The molecule has 61 heavy (non-hydrogen) atoms. The number of ether oxygens (including phenoxy) is 7. The van der Waals surface area contributed by atoms with Gasteiger partial charge in [0, 0.05) is 44.1 Å². The van der Waals surface area contributed by atoms with Crippen LogP contribution in [-0.4, -0.2) is 102 Å². The molecule has 0 fully saturated rings. The van der Waals surface area contributed by atoms with Crippen LogP contribution in [0.3, 0.4) is 0 Å². The lowest BCUT2D eigenvalue weighted by molar-refractivity contribution is -0.123. The van der Waals surface area contributed by atoms with Gasteiger partial charge in [-0.25, -0.2) is 14.4 Å². The van der Waals surface area contributed by atoms with Gasteiger partial charge in [0.2, 0.25) is 0 Å². The molecule has 2 heterocycles. The first-order chi connectivity index (χ1) is 29.6. The second-order valence-corrected chi connectivity index (χ2v) is 16.3. The summed E-state index contributed by atoms with van der Waals surface area (Å²) >= 11 is 15.2. The van der Waals surface area contributed by atoms with Crippen LogP contribution >= 0.6 is 66.1 Å². The molecule has 0 radical (unpaired) electrons. The van der Waals surface area contributed by atoms with Gasteiger partial charge in [-0.2, -0.15) is 0 Å². The molecule has 6 rings (SSSR count). The summed E-state index contributed by atoms with van der Waals surface area (Å²) in [6.45, 7) is 3.29. The molecule has 14 nitrogen and oxygen atoms in total. The SMILES string of the molecule is COc1cc2ncnc(Nc3ccc(F)c(Cl)c3)c2cc1OCCOCCOCCOCCOCCNC(=O)COc1c(Br)cc(/C=C2\C(=O)Nc3ccc(I)cc32)cc1Br. The number of halogens is 5. The Balaban J connectivity index is 0.781. The van der Waals surface area contributed by atoms with Crippen molar-refractivity contribution in [2.45, 2.75) is 0 Å². The predicted octanol–water partition coefficient (Wildman–Crippen LogP) is 8.44. The van der Waals surface area contributed by atoms with Crippen LogP contribution in [-0.2, 0) is 28.5 Å². The van der Waals surface area contributed by atoms with Gasteiger partial charge in [-0.15, -0.1) is 0 Å². The van der Waals surface area contributed by atoms with Crippen LogP contribution < -0.4 is 30.2 Å². The van der Waals surface area contributed by atoms with Crippen molar-refractivity contribution in [3.63, 3.8) is 0 Å². The van der Waals surface area contributed by atoms with Crippen molar-refractivity contribution < 1.29 is 47.1 Å². The van der Waals surface area contributed by atoms with Crippen LogP contribution in [0.5, 0.6) is 17.2 Å². The van der Waals surface area contributed by atoms with E-state index in [4.69, 9.17) is 44.8 Å². The second kappa shape index (κ2) is 23.3. The van der Waals surface area contributed by atoms with Crippen molar-refractivity contribution in [3.8, 4) is 17.2 Å². The number of nitrogens with one attached hydrogen (secondary N) is 3. The normalized spacial score (nSPS) is 12.7. The third kappa shape index (κ3) is 13.4. The van der Waals surface area contributed by atoms with Crippen molar-refractivity contribution in [2.75, 3.05) is 90.4 Å². The molecule has 3 N–H and O–H groups in total. The largest absolute Gasteiger partial charge is 0.493 e. The Morgan fingerprint density at radius 1 is 0.852 bits per heavy atom. The predicted molar refractivity (Wildman–Crippen MR) is 246 cm³/mol. The zero-order chi connectivity index (χ0) is 43.1. The Labute approximate surface area is 386 Å². The number of hydrogen-bond donors (Lipinski definition) is 3. The van der Waals surface area contributed by atoms with Gasteiger partial charge in [0.15, 0.2) is 18.1 Å². The molecule has 0 saturated heterocycles. The number of methoxy groups -OCH3 is 1. The van der Waals surface area contributed by atoms with E-state index in [1.807, 2.05) is 36.4 Å². The molecular formula is C42H40Br2ClFIN5O9. The van der Waals surface area contributed by atoms with Crippen molar-refractivity contribution >= 4 is 118 Å². The van der Waals surface area contributed by atoms with E-state index >= 15 is 0 Å². The molecule has 4 aromatic carbocycles. The Kier molecular flexibility index (Phi) is 17.7. The summed E-state index contributed by atoms with van der Waals surface area (Å²) in [6, 6.07) is 17.3. The number of amides is 2. The lowest BCUT2D eigenvalue weighted by Gasteiger charge is -2.14. The molecule has 5 aromatic rings. The maximum absolute atomic E-state index is 13.6. The molecular weight excluding hydrogens is 1060 g/mol. The zero-order valence-corrected chi connectivity index (χ0v) is 38.8. The van der Waals surface area contributed by atoms with Gasteiger partial charge in [0.05, 0.1) is 79.4 Å².